The average molecular weight is 709 g/mol. The molecule has 53 heavy (non-hydrogen) atoms. The average Bonchev–Trinajstić information content (AvgIpc) is 3.82. The highest BCUT2D eigenvalue weighted by Crippen LogP contribution is 2.50. The summed E-state index contributed by atoms with van der Waals surface area (Å²) >= 11 is 3.79. The Hall–Kier alpha value is -6.06. The lowest BCUT2D eigenvalue weighted by Crippen LogP contribution is -1.91. The van der Waals surface area contributed by atoms with E-state index in [-0.39, 0.29) is 0 Å². The maximum Gasteiger partial charge on any atom is 0.0361 e. The van der Waals surface area contributed by atoms with Gasteiger partial charge in [0.25, 0.3) is 0 Å². The molecule has 2 heteroatoms. The number of rotatable bonds is 4. The molecule has 248 valence electrons. The maximum atomic E-state index is 2.44. The molecule has 0 unspecified atom stereocenters. The van der Waals surface area contributed by atoms with Gasteiger partial charge in [-0.05, 0) is 108 Å². The molecule has 0 N–H and O–H groups in total. The lowest BCUT2D eigenvalue weighted by atomic mass is 9.85. The number of aryl methyl sites for hydroxylation is 1. The van der Waals surface area contributed by atoms with E-state index in [1.807, 2.05) is 22.7 Å². The quantitative estimate of drug-likeness (QED) is 0.160. The number of fused-ring (bicyclic) bond motifs is 7. The normalized spacial score (nSPS) is 11.9. The summed E-state index contributed by atoms with van der Waals surface area (Å²) in [5.74, 6) is 0. The van der Waals surface area contributed by atoms with E-state index in [9.17, 15) is 0 Å². The van der Waals surface area contributed by atoms with Gasteiger partial charge in [-0.3, -0.25) is 0 Å². The second-order valence-corrected chi connectivity index (χ2v) is 16.3. The van der Waals surface area contributed by atoms with Crippen molar-refractivity contribution in [3.05, 3.63) is 181 Å². The molecule has 0 nitrogen and oxygen atoms in total. The predicted molar refractivity (Wildman–Crippen MR) is 234 cm³/mol. The Morgan fingerprint density at radius 2 is 0.830 bits per heavy atom. The van der Waals surface area contributed by atoms with Crippen LogP contribution in [0.15, 0.2) is 176 Å². The van der Waals surface area contributed by atoms with E-state index in [1.165, 1.54) is 112 Å². The second-order valence-electron chi connectivity index (χ2n) is 14.0. The summed E-state index contributed by atoms with van der Waals surface area (Å²) in [5, 5.41) is 13.0. The number of thiophene rings is 2. The van der Waals surface area contributed by atoms with Gasteiger partial charge in [0, 0.05) is 35.5 Å². The molecule has 2 aromatic heterocycles. The summed E-state index contributed by atoms with van der Waals surface area (Å²) in [4.78, 5) is 2.66. The molecule has 0 aliphatic rings. The Balaban J connectivity index is 1.18. The van der Waals surface area contributed by atoms with Crippen molar-refractivity contribution in [1.82, 2.24) is 0 Å². The molecule has 2 heterocycles. The van der Waals surface area contributed by atoms with Crippen molar-refractivity contribution < 1.29 is 0 Å². The van der Waals surface area contributed by atoms with Crippen molar-refractivity contribution in [1.29, 1.82) is 0 Å². The fourth-order valence-electron chi connectivity index (χ4n) is 8.80. The van der Waals surface area contributed by atoms with E-state index in [0.717, 1.165) is 0 Å². The van der Waals surface area contributed by atoms with Crippen LogP contribution in [0, 0.1) is 6.92 Å². The van der Waals surface area contributed by atoms with E-state index in [4.69, 9.17) is 0 Å². The molecule has 0 atom stereocenters. The minimum absolute atomic E-state index is 1.25. The molecular formula is C51H32S2. The zero-order valence-corrected chi connectivity index (χ0v) is 30.7. The van der Waals surface area contributed by atoms with Gasteiger partial charge >= 0.3 is 0 Å². The largest absolute Gasteiger partial charge is 0.141 e. The summed E-state index contributed by atoms with van der Waals surface area (Å²) in [5.41, 5.74) is 9.05. The van der Waals surface area contributed by atoms with Crippen LogP contribution in [0.1, 0.15) is 4.88 Å². The van der Waals surface area contributed by atoms with Crippen molar-refractivity contribution >= 4 is 85.9 Å². The third-order valence-electron chi connectivity index (χ3n) is 11.0. The first-order valence-electron chi connectivity index (χ1n) is 18.2. The minimum atomic E-state index is 1.25. The lowest BCUT2D eigenvalue weighted by molar-refractivity contribution is 1.64. The van der Waals surface area contributed by atoms with Gasteiger partial charge in [-0.25, -0.2) is 0 Å². The monoisotopic (exact) mass is 708 g/mol. The summed E-state index contributed by atoms with van der Waals surface area (Å²) in [6.07, 6.45) is 0. The van der Waals surface area contributed by atoms with Gasteiger partial charge in [0.2, 0.25) is 0 Å². The Kier molecular flexibility index (Phi) is 6.92. The third kappa shape index (κ3) is 4.66. The van der Waals surface area contributed by atoms with Crippen LogP contribution in [0.4, 0.5) is 0 Å². The summed E-state index contributed by atoms with van der Waals surface area (Å²) < 4.78 is 2.62. The van der Waals surface area contributed by atoms with Gasteiger partial charge in [-0.1, -0.05) is 152 Å². The first kappa shape index (κ1) is 30.6. The van der Waals surface area contributed by atoms with Crippen LogP contribution in [0.2, 0.25) is 0 Å². The van der Waals surface area contributed by atoms with Crippen LogP contribution in [0.5, 0.6) is 0 Å². The maximum absolute atomic E-state index is 2.44. The first-order valence-corrected chi connectivity index (χ1v) is 19.8. The molecule has 11 rings (SSSR count). The van der Waals surface area contributed by atoms with Gasteiger partial charge in [0.1, 0.15) is 0 Å². The van der Waals surface area contributed by atoms with Gasteiger partial charge in [0.05, 0.1) is 0 Å². The lowest BCUT2D eigenvalue weighted by Gasteiger charge is -2.18. The van der Waals surface area contributed by atoms with Crippen molar-refractivity contribution in [2.24, 2.45) is 0 Å². The minimum Gasteiger partial charge on any atom is -0.141 e. The van der Waals surface area contributed by atoms with E-state index >= 15 is 0 Å². The van der Waals surface area contributed by atoms with Gasteiger partial charge in [-0.15, -0.1) is 22.7 Å². The number of hydrogen-bond donors (Lipinski definition) is 0. The molecule has 9 aromatic carbocycles. The molecule has 0 fully saturated rings. The van der Waals surface area contributed by atoms with E-state index < -0.39 is 0 Å². The van der Waals surface area contributed by atoms with Crippen LogP contribution in [-0.2, 0) is 0 Å². The Morgan fingerprint density at radius 1 is 0.321 bits per heavy atom. The Labute approximate surface area is 315 Å². The van der Waals surface area contributed by atoms with Gasteiger partial charge in [-0.2, -0.15) is 0 Å². The number of hydrogen-bond acceptors (Lipinski definition) is 2. The molecule has 0 aliphatic heterocycles. The second kappa shape index (κ2) is 12.0. The molecule has 0 saturated heterocycles. The Bertz CT molecular complexity index is 3120. The highest BCUT2D eigenvalue weighted by molar-refractivity contribution is 7.26. The molecule has 0 saturated carbocycles. The summed E-state index contributed by atoms with van der Waals surface area (Å²) in [6, 6.07) is 65.4. The standard InChI is InChI=1S/C51H32S2/c1-31-26-29-45(52-31)50-40-22-11-9-20-38(40)49(39-21-10-12-23-41(39)50)43-24-13-25-44-51(43)42-28-27-33(30-46(42)53-44)48-36-18-7-5-16-34(36)47(32-14-3-2-4-15-32)35-17-6-8-19-37(35)48/h2-30H,1H3. The third-order valence-corrected chi connectivity index (χ3v) is 13.1. The van der Waals surface area contributed by atoms with Crippen LogP contribution in [0.25, 0.3) is 107 Å². The van der Waals surface area contributed by atoms with Crippen LogP contribution >= 0.6 is 22.7 Å². The molecule has 0 spiro atoms. The zero-order chi connectivity index (χ0) is 35.0. The molecule has 11 aromatic rings. The van der Waals surface area contributed by atoms with Crippen molar-refractivity contribution in [3.63, 3.8) is 0 Å². The van der Waals surface area contributed by atoms with Crippen molar-refractivity contribution in [2.45, 2.75) is 6.92 Å². The van der Waals surface area contributed by atoms with E-state index in [0.29, 0.717) is 0 Å². The summed E-state index contributed by atoms with van der Waals surface area (Å²) in [7, 11) is 0. The Morgan fingerprint density at radius 3 is 1.38 bits per heavy atom. The SMILES string of the molecule is Cc1ccc(-c2c3ccccc3c(-c3cccc4sc5cc(-c6c7ccccc7c(-c7ccccc7)c7ccccc67)ccc5c34)c3ccccc23)s1. The van der Waals surface area contributed by atoms with Crippen LogP contribution < -0.4 is 0 Å². The summed E-state index contributed by atoms with van der Waals surface area (Å²) in [6.45, 7) is 2.20. The smallest absolute Gasteiger partial charge is 0.0361 e. The predicted octanol–water partition coefficient (Wildman–Crippen LogP) is 15.7. The molecule has 0 amide bonds. The molecule has 0 bridgehead atoms. The zero-order valence-electron chi connectivity index (χ0n) is 29.1. The van der Waals surface area contributed by atoms with Crippen molar-refractivity contribution in [2.75, 3.05) is 0 Å². The number of benzene rings is 9. The first-order chi connectivity index (χ1) is 26.2. The molecule has 0 radical (unpaired) electrons. The fourth-order valence-corrected chi connectivity index (χ4v) is 10.9. The van der Waals surface area contributed by atoms with E-state index in [2.05, 4.69) is 183 Å². The molecule has 0 aliphatic carbocycles. The van der Waals surface area contributed by atoms with Crippen LogP contribution in [0.3, 0.4) is 0 Å². The molecular weight excluding hydrogens is 677 g/mol. The van der Waals surface area contributed by atoms with Crippen LogP contribution in [-0.4, -0.2) is 0 Å². The van der Waals surface area contributed by atoms with E-state index in [1.54, 1.807) is 0 Å². The van der Waals surface area contributed by atoms with Gasteiger partial charge in [0.15, 0.2) is 0 Å². The highest BCUT2D eigenvalue weighted by atomic mass is 32.1. The van der Waals surface area contributed by atoms with Gasteiger partial charge < -0.3 is 0 Å². The fraction of sp³-hybridized carbons (Fsp3) is 0.0196. The van der Waals surface area contributed by atoms with Crippen molar-refractivity contribution in [3.8, 4) is 43.8 Å². The highest BCUT2D eigenvalue weighted by Gasteiger charge is 2.21. The topological polar surface area (TPSA) is 0 Å².